The van der Waals surface area contributed by atoms with Gasteiger partial charge in [0.15, 0.2) is 5.96 Å². The molecule has 4 N–H and O–H groups in total. The first-order chi connectivity index (χ1) is 11.2. The molecule has 0 aromatic heterocycles. The van der Waals surface area contributed by atoms with Gasteiger partial charge in [0, 0.05) is 12.1 Å². The van der Waals surface area contributed by atoms with Crippen molar-refractivity contribution in [2.24, 2.45) is 21.5 Å². The third-order valence-electron chi connectivity index (χ3n) is 4.10. The fraction of sp³-hybridized carbons (Fsp3) is 0.500. The molecule has 26 heavy (non-hydrogen) atoms. The maximum Gasteiger partial charge on any atom is 0.416 e. The summed E-state index contributed by atoms with van der Waals surface area (Å²) < 4.78 is 38.1. The van der Waals surface area contributed by atoms with Crippen LogP contribution < -0.4 is 11.5 Å². The van der Waals surface area contributed by atoms with E-state index in [0.29, 0.717) is 0 Å². The molecule has 0 bridgehead atoms. The lowest BCUT2D eigenvalue weighted by Gasteiger charge is -2.39. The number of nitrogens with zero attached hydrogens (tertiary/aromatic N) is 3. The van der Waals surface area contributed by atoms with Crippen LogP contribution >= 0.6 is 24.8 Å². The van der Waals surface area contributed by atoms with Crippen LogP contribution in [0.3, 0.4) is 0 Å². The quantitative estimate of drug-likeness (QED) is 0.537. The van der Waals surface area contributed by atoms with Crippen LogP contribution in [0.5, 0.6) is 0 Å². The second kappa shape index (κ2) is 9.87. The van der Waals surface area contributed by atoms with E-state index < -0.39 is 11.7 Å². The number of rotatable bonds is 1. The molecule has 1 aromatic rings. The normalized spacial score (nSPS) is 21.7. The highest BCUT2D eigenvalue weighted by atomic mass is 35.5. The van der Waals surface area contributed by atoms with Crippen molar-refractivity contribution in [3.63, 3.8) is 0 Å². The lowest BCUT2D eigenvalue weighted by Crippen LogP contribution is -2.51. The van der Waals surface area contributed by atoms with Crippen LogP contribution in [0.2, 0.25) is 0 Å². The molecule has 2 rings (SSSR count). The Kier molecular flexibility index (Phi) is 9.24. The first kappa shape index (κ1) is 24.3. The molecule has 1 saturated heterocycles. The third-order valence-corrected chi connectivity index (χ3v) is 4.10. The Labute approximate surface area is 163 Å². The van der Waals surface area contributed by atoms with Gasteiger partial charge in [0.25, 0.3) is 0 Å². The molecule has 1 aliphatic rings. The highest BCUT2D eigenvalue weighted by molar-refractivity contribution is 5.94. The van der Waals surface area contributed by atoms with Crippen LogP contribution in [0.1, 0.15) is 38.7 Å². The average molecular weight is 414 g/mol. The molecule has 0 spiro atoms. The molecule has 0 amide bonds. The second-order valence-corrected chi connectivity index (χ2v) is 6.02. The summed E-state index contributed by atoms with van der Waals surface area (Å²) in [6.07, 6.45) is -1.29. The first-order valence-electron chi connectivity index (χ1n) is 7.82. The molecule has 2 atom stereocenters. The van der Waals surface area contributed by atoms with E-state index in [1.807, 2.05) is 4.90 Å². The van der Waals surface area contributed by atoms with E-state index in [1.165, 1.54) is 12.1 Å². The summed E-state index contributed by atoms with van der Waals surface area (Å²) in [6, 6.07) is 5.07. The summed E-state index contributed by atoms with van der Waals surface area (Å²) in [4.78, 5) is 9.94. The van der Waals surface area contributed by atoms with Gasteiger partial charge in [-0.2, -0.15) is 18.2 Å². The third kappa shape index (κ3) is 6.25. The molecule has 1 heterocycles. The van der Waals surface area contributed by atoms with Crippen molar-refractivity contribution in [1.82, 2.24) is 4.90 Å². The Balaban J connectivity index is 0.00000312. The second-order valence-electron chi connectivity index (χ2n) is 6.02. The summed E-state index contributed by atoms with van der Waals surface area (Å²) in [5.74, 6) is 0.0692. The highest BCUT2D eigenvalue weighted by Crippen LogP contribution is 2.31. The number of guanidine groups is 2. The molecular weight excluding hydrogens is 390 g/mol. The Hall–Kier alpha value is -1.67. The lowest BCUT2D eigenvalue weighted by atomic mass is 9.98. The van der Waals surface area contributed by atoms with E-state index >= 15 is 0 Å². The summed E-state index contributed by atoms with van der Waals surface area (Å²) in [6.45, 7) is 4.11. The van der Waals surface area contributed by atoms with Gasteiger partial charge >= 0.3 is 6.18 Å². The molecule has 0 radical (unpaired) electrons. The van der Waals surface area contributed by atoms with Gasteiger partial charge in [-0.15, -0.1) is 24.8 Å². The largest absolute Gasteiger partial charge is 0.416 e. The number of halogens is 5. The summed E-state index contributed by atoms with van der Waals surface area (Å²) in [7, 11) is 0. The van der Waals surface area contributed by atoms with Gasteiger partial charge in [-0.1, -0.05) is 6.07 Å². The van der Waals surface area contributed by atoms with Gasteiger partial charge in [0.1, 0.15) is 0 Å². The number of nitrogens with two attached hydrogens (primary N) is 2. The molecule has 1 aliphatic heterocycles. The van der Waals surface area contributed by atoms with Gasteiger partial charge in [0.05, 0.1) is 11.3 Å². The predicted molar refractivity (Wildman–Crippen MR) is 103 cm³/mol. The van der Waals surface area contributed by atoms with Gasteiger partial charge in [0.2, 0.25) is 5.96 Å². The van der Waals surface area contributed by atoms with Crippen molar-refractivity contribution in [1.29, 1.82) is 0 Å². The zero-order chi connectivity index (χ0) is 17.9. The van der Waals surface area contributed by atoms with Crippen LogP contribution in [0.25, 0.3) is 0 Å². The Bertz CT molecular complexity index is 639. The Morgan fingerprint density at radius 1 is 1.12 bits per heavy atom. The van der Waals surface area contributed by atoms with Gasteiger partial charge in [-0.25, -0.2) is 4.99 Å². The predicted octanol–water partition coefficient (Wildman–Crippen LogP) is 4.07. The summed E-state index contributed by atoms with van der Waals surface area (Å²) in [5.41, 5.74) is 11.1. The molecule has 1 aromatic carbocycles. The minimum Gasteiger partial charge on any atom is -0.369 e. The van der Waals surface area contributed by atoms with Gasteiger partial charge in [-0.3, -0.25) is 0 Å². The molecular formula is C16H24Cl2F3N5. The van der Waals surface area contributed by atoms with Crippen LogP contribution in [-0.2, 0) is 6.18 Å². The zero-order valence-electron chi connectivity index (χ0n) is 14.5. The fourth-order valence-corrected chi connectivity index (χ4v) is 2.96. The Morgan fingerprint density at radius 3 is 2.23 bits per heavy atom. The SMILES string of the molecule is CC1CCCC(C)N1/C(N)=N/C(N)=Nc1cccc(C(F)(F)F)c1.Cl.Cl. The van der Waals surface area contributed by atoms with Crippen molar-refractivity contribution < 1.29 is 13.2 Å². The van der Waals surface area contributed by atoms with Crippen LogP contribution in [0.15, 0.2) is 34.3 Å². The molecule has 1 fully saturated rings. The number of hydrogen-bond acceptors (Lipinski definition) is 1. The van der Waals surface area contributed by atoms with Crippen molar-refractivity contribution in [3.8, 4) is 0 Å². The smallest absolute Gasteiger partial charge is 0.369 e. The van der Waals surface area contributed by atoms with Crippen molar-refractivity contribution in [2.75, 3.05) is 0 Å². The number of hydrogen-bond donors (Lipinski definition) is 2. The van der Waals surface area contributed by atoms with Crippen LogP contribution in [-0.4, -0.2) is 28.9 Å². The van der Waals surface area contributed by atoms with E-state index in [2.05, 4.69) is 23.8 Å². The molecule has 2 unspecified atom stereocenters. The topological polar surface area (TPSA) is 80.0 Å². The monoisotopic (exact) mass is 413 g/mol. The van der Waals surface area contributed by atoms with E-state index in [1.54, 1.807) is 0 Å². The molecule has 148 valence electrons. The maximum absolute atomic E-state index is 12.7. The van der Waals surface area contributed by atoms with Gasteiger partial charge in [-0.05, 0) is 51.3 Å². The van der Waals surface area contributed by atoms with Crippen LogP contribution in [0.4, 0.5) is 18.9 Å². The number of benzene rings is 1. The fourth-order valence-electron chi connectivity index (χ4n) is 2.96. The van der Waals surface area contributed by atoms with Crippen molar-refractivity contribution in [2.45, 2.75) is 51.4 Å². The van der Waals surface area contributed by atoms with Crippen LogP contribution in [0, 0.1) is 0 Å². The molecule has 10 heteroatoms. The summed E-state index contributed by atoms with van der Waals surface area (Å²) >= 11 is 0. The van der Waals surface area contributed by atoms with E-state index in [4.69, 9.17) is 11.5 Å². The molecule has 0 saturated carbocycles. The number of aliphatic imine (C=N–C) groups is 2. The summed E-state index contributed by atoms with van der Waals surface area (Å²) in [5, 5.41) is 0. The maximum atomic E-state index is 12.7. The number of piperidine rings is 1. The van der Waals surface area contributed by atoms with E-state index in [9.17, 15) is 13.2 Å². The highest BCUT2D eigenvalue weighted by Gasteiger charge is 2.30. The Morgan fingerprint density at radius 2 is 1.69 bits per heavy atom. The molecule has 0 aliphatic carbocycles. The standard InChI is InChI=1S/C16H22F3N5.2ClH/c1-10-5-3-6-11(2)24(10)15(21)23-14(20)22-13-8-4-7-12(9-13)16(17,18)19;;/h4,7-11H,3,5-6H2,1-2H3,(H4,20,21,22,23);2*1H. The average Bonchev–Trinajstić information content (AvgIpc) is 2.46. The molecule has 5 nitrogen and oxygen atoms in total. The minimum absolute atomic E-state index is 0. The minimum atomic E-state index is -4.43. The van der Waals surface area contributed by atoms with E-state index in [-0.39, 0.29) is 54.5 Å². The number of likely N-dealkylation sites (tertiary alicyclic amines) is 1. The zero-order valence-corrected chi connectivity index (χ0v) is 16.2. The van der Waals surface area contributed by atoms with Crippen molar-refractivity contribution in [3.05, 3.63) is 29.8 Å². The van der Waals surface area contributed by atoms with Crippen molar-refractivity contribution >= 4 is 42.4 Å². The lowest BCUT2D eigenvalue weighted by molar-refractivity contribution is -0.137. The number of alkyl halides is 3. The van der Waals surface area contributed by atoms with E-state index in [0.717, 1.165) is 31.4 Å². The van der Waals surface area contributed by atoms with Gasteiger partial charge < -0.3 is 16.4 Å². The first-order valence-corrected chi connectivity index (χ1v) is 7.82.